The summed E-state index contributed by atoms with van der Waals surface area (Å²) in [5.41, 5.74) is -1.95. The van der Waals surface area contributed by atoms with E-state index in [2.05, 4.69) is 0 Å². The molecule has 0 aromatic heterocycles. The second-order valence-electron chi connectivity index (χ2n) is 13.1. The first kappa shape index (κ1) is 36.2. The predicted octanol–water partition coefficient (Wildman–Crippen LogP) is 3.04. The monoisotopic (exact) mass is 623 g/mol. The zero-order valence-corrected chi connectivity index (χ0v) is 27.1. The van der Waals surface area contributed by atoms with Gasteiger partial charge in [0.25, 0.3) is 0 Å². The van der Waals surface area contributed by atoms with Crippen LogP contribution in [0.3, 0.4) is 0 Å². The van der Waals surface area contributed by atoms with E-state index in [0.29, 0.717) is 44.7 Å². The van der Waals surface area contributed by atoms with Gasteiger partial charge in [0.15, 0.2) is 6.10 Å². The largest absolute Gasteiger partial charge is 0.457 e. The van der Waals surface area contributed by atoms with Gasteiger partial charge in [-0.15, -0.1) is 0 Å². The van der Waals surface area contributed by atoms with Crippen molar-refractivity contribution in [3.05, 3.63) is 36.0 Å². The van der Waals surface area contributed by atoms with Gasteiger partial charge < -0.3 is 44.3 Å². The molecular weight excluding hydrogens is 570 g/mol. The van der Waals surface area contributed by atoms with Crippen LogP contribution >= 0.6 is 0 Å². The molecule has 2 saturated heterocycles. The maximum atomic E-state index is 12.9. The van der Waals surface area contributed by atoms with E-state index >= 15 is 0 Å². The highest BCUT2D eigenvalue weighted by Gasteiger charge is 2.47. The van der Waals surface area contributed by atoms with Crippen molar-refractivity contribution in [3.8, 4) is 0 Å². The molecule has 4 N–H and O–H groups in total. The summed E-state index contributed by atoms with van der Waals surface area (Å²) in [6.07, 6.45) is 5.52. The molecule has 0 aliphatic carbocycles. The lowest BCUT2D eigenvalue weighted by atomic mass is 9.88. The van der Waals surface area contributed by atoms with Gasteiger partial charge in [0.2, 0.25) is 0 Å². The molecule has 2 fully saturated rings. The first-order valence-electron chi connectivity index (χ1n) is 15.9. The Balaban J connectivity index is 1.74. The number of carbonyl (C=O) groups is 2. The third-order valence-electron chi connectivity index (χ3n) is 8.86. The Morgan fingerprint density at radius 1 is 1.30 bits per heavy atom. The molecule has 1 amide bonds. The normalized spacial score (nSPS) is 35.9. The van der Waals surface area contributed by atoms with Gasteiger partial charge in [-0.3, -0.25) is 4.79 Å². The van der Waals surface area contributed by atoms with E-state index in [-0.39, 0.29) is 43.3 Å². The van der Waals surface area contributed by atoms with Crippen LogP contribution in [-0.2, 0) is 23.7 Å². The number of rotatable bonds is 9. The van der Waals surface area contributed by atoms with Gasteiger partial charge >= 0.3 is 12.1 Å². The summed E-state index contributed by atoms with van der Waals surface area (Å²) in [7, 11) is 0. The average molecular weight is 624 g/mol. The van der Waals surface area contributed by atoms with Gasteiger partial charge in [0.1, 0.15) is 11.7 Å². The molecule has 11 nitrogen and oxygen atoms in total. The zero-order chi connectivity index (χ0) is 32.7. The highest BCUT2D eigenvalue weighted by Crippen LogP contribution is 2.37. The third-order valence-corrected chi connectivity index (χ3v) is 8.86. The molecule has 3 rings (SSSR count). The first-order valence-corrected chi connectivity index (χ1v) is 15.9. The molecule has 0 spiro atoms. The van der Waals surface area contributed by atoms with Crippen LogP contribution in [0.4, 0.5) is 4.79 Å². The molecule has 0 bridgehead atoms. The number of nitrogens with zero attached hydrogens (tertiary/aromatic N) is 1. The molecule has 250 valence electrons. The van der Waals surface area contributed by atoms with Crippen LogP contribution in [-0.4, -0.2) is 112 Å². The minimum atomic E-state index is -1.49. The van der Waals surface area contributed by atoms with Crippen molar-refractivity contribution >= 4 is 12.1 Å². The van der Waals surface area contributed by atoms with E-state index in [9.17, 15) is 30.0 Å². The fourth-order valence-corrected chi connectivity index (χ4v) is 5.73. The van der Waals surface area contributed by atoms with Crippen molar-refractivity contribution < 1.29 is 49.0 Å². The number of esters is 1. The van der Waals surface area contributed by atoms with Gasteiger partial charge in [0.05, 0.1) is 49.7 Å². The summed E-state index contributed by atoms with van der Waals surface area (Å²) in [4.78, 5) is 27.2. The van der Waals surface area contributed by atoms with E-state index in [1.807, 2.05) is 27.7 Å². The number of epoxide rings is 1. The Morgan fingerprint density at radius 3 is 2.64 bits per heavy atom. The van der Waals surface area contributed by atoms with Crippen molar-refractivity contribution in [2.45, 2.75) is 121 Å². The molecule has 0 aromatic carbocycles. The number of hydrogen-bond donors (Lipinski definition) is 4. The second-order valence-corrected chi connectivity index (χ2v) is 13.1. The lowest BCUT2D eigenvalue weighted by molar-refractivity contribution is -0.151. The fourth-order valence-electron chi connectivity index (χ4n) is 5.73. The SMILES string of the molecule is CCC(O)C(C)C1OC1CC(C)(O)/C=C/C=C(\C)C1OC(=O)CC(O)CCC(C)(O)C(OC(=O)N2CCOCC2)/C=C/C1C. The van der Waals surface area contributed by atoms with Gasteiger partial charge in [-0.1, -0.05) is 45.1 Å². The maximum absolute atomic E-state index is 12.9. The Morgan fingerprint density at radius 2 is 1.98 bits per heavy atom. The highest BCUT2D eigenvalue weighted by atomic mass is 16.6. The number of morpholine rings is 1. The molecule has 10 unspecified atom stereocenters. The molecule has 10 atom stereocenters. The topological polar surface area (TPSA) is 159 Å². The van der Waals surface area contributed by atoms with E-state index in [4.69, 9.17) is 18.9 Å². The second kappa shape index (κ2) is 15.8. The van der Waals surface area contributed by atoms with Crippen LogP contribution in [0, 0.1) is 11.8 Å². The third kappa shape index (κ3) is 10.7. The summed E-state index contributed by atoms with van der Waals surface area (Å²) in [5.74, 6) is -0.961. The number of amides is 1. The van der Waals surface area contributed by atoms with Gasteiger partial charge in [-0.2, -0.15) is 0 Å². The number of aliphatic hydroxyl groups excluding tert-OH is 2. The maximum Gasteiger partial charge on any atom is 0.410 e. The van der Waals surface area contributed by atoms with E-state index in [1.54, 1.807) is 44.2 Å². The molecule has 0 aromatic rings. The summed E-state index contributed by atoms with van der Waals surface area (Å²) in [6, 6.07) is 0. The number of hydrogen-bond acceptors (Lipinski definition) is 10. The van der Waals surface area contributed by atoms with Gasteiger partial charge in [-0.05, 0) is 51.7 Å². The average Bonchev–Trinajstić information content (AvgIpc) is 3.73. The van der Waals surface area contributed by atoms with Crippen molar-refractivity contribution in [2.24, 2.45) is 11.8 Å². The smallest absolute Gasteiger partial charge is 0.410 e. The number of carbonyl (C=O) groups excluding carboxylic acids is 2. The molecule has 44 heavy (non-hydrogen) atoms. The van der Waals surface area contributed by atoms with Crippen LogP contribution in [0.2, 0.25) is 0 Å². The van der Waals surface area contributed by atoms with E-state index in [0.717, 1.165) is 0 Å². The van der Waals surface area contributed by atoms with Crippen LogP contribution < -0.4 is 0 Å². The Labute approximate surface area is 261 Å². The Hall–Kier alpha value is -2.28. The predicted molar refractivity (Wildman–Crippen MR) is 164 cm³/mol. The van der Waals surface area contributed by atoms with Crippen molar-refractivity contribution in [2.75, 3.05) is 26.3 Å². The zero-order valence-electron chi connectivity index (χ0n) is 27.1. The number of allylic oxidation sites excluding steroid dienone is 2. The number of ether oxygens (including phenoxy) is 4. The van der Waals surface area contributed by atoms with E-state index < -0.39 is 47.7 Å². The van der Waals surface area contributed by atoms with Crippen molar-refractivity contribution in [1.29, 1.82) is 0 Å². The molecule has 11 heteroatoms. The van der Waals surface area contributed by atoms with Crippen LogP contribution in [0.5, 0.6) is 0 Å². The number of aliphatic hydroxyl groups is 4. The molecule has 3 aliphatic heterocycles. The van der Waals surface area contributed by atoms with Gasteiger partial charge in [0, 0.05) is 31.3 Å². The molecular formula is C33H53NO10. The lowest BCUT2D eigenvalue weighted by Gasteiger charge is -2.35. The Bertz CT molecular complexity index is 1050. The molecule has 0 saturated carbocycles. The fraction of sp³-hybridized carbons (Fsp3) is 0.758. The molecule has 3 aliphatic rings. The van der Waals surface area contributed by atoms with Crippen molar-refractivity contribution in [3.63, 3.8) is 0 Å². The standard InChI is InChI=1S/C33H53NO10/c1-7-25(36)23(4)30-26(42-30)20-32(5,39)13-8-9-21(2)29-22(3)10-11-27(43-31(38)34-15-17-41-18-16-34)33(6,40)14-12-24(35)19-28(37)44-29/h8-11,13,22-27,29-30,35-36,39-40H,7,12,14-20H2,1-6H3/b11-10+,13-8+,21-9+. The Kier molecular flexibility index (Phi) is 13.0. The summed E-state index contributed by atoms with van der Waals surface area (Å²) >= 11 is 0. The van der Waals surface area contributed by atoms with Crippen LogP contribution in [0.25, 0.3) is 0 Å². The highest BCUT2D eigenvalue weighted by molar-refractivity contribution is 5.70. The summed E-state index contributed by atoms with van der Waals surface area (Å²) in [5, 5.41) is 42.9. The first-order chi connectivity index (χ1) is 20.6. The van der Waals surface area contributed by atoms with Crippen LogP contribution in [0.15, 0.2) is 36.0 Å². The molecule has 3 heterocycles. The quantitative estimate of drug-likeness (QED) is 0.130. The van der Waals surface area contributed by atoms with Crippen LogP contribution in [0.1, 0.15) is 73.6 Å². The van der Waals surface area contributed by atoms with Crippen molar-refractivity contribution in [1.82, 2.24) is 4.90 Å². The summed E-state index contributed by atoms with van der Waals surface area (Å²) in [6.45, 7) is 12.4. The molecule has 0 radical (unpaired) electrons. The van der Waals surface area contributed by atoms with Gasteiger partial charge in [-0.25, -0.2) is 4.79 Å². The summed E-state index contributed by atoms with van der Waals surface area (Å²) < 4.78 is 22.6. The lowest BCUT2D eigenvalue weighted by Crippen LogP contribution is -2.47. The minimum absolute atomic E-state index is 0.0121. The van der Waals surface area contributed by atoms with E-state index in [1.165, 1.54) is 4.90 Å². The number of cyclic esters (lactones) is 1. The minimum Gasteiger partial charge on any atom is -0.457 e.